The molecule has 0 aromatic carbocycles. The van der Waals surface area contributed by atoms with Gasteiger partial charge in [-0.25, -0.2) is 0 Å². The van der Waals surface area contributed by atoms with Crippen molar-refractivity contribution in [1.29, 1.82) is 0 Å². The molecule has 2 nitrogen and oxygen atoms in total. The SMILES string of the molecule is CC1=CC2(CC1)COC(C)(C)O2. The summed E-state index contributed by atoms with van der Waals surface area (Å²) < 4.78 is 11.4. The van der Waals surface area contributed by atoms with E-state index in [1.54, 1.807) is 0 Å². The van der Waals surface area contributed by atoms with Crippen LogP contribution < -0.4 is 0 Å². The number of rotatable bonds is 0. The van der Waals surface area contributed by atoms with E-state index in [1.165, 1.54) is 5.57 Å². The highest BCUT2D eigenvalue weighted by Crippen LogP contribution is 2.40. The Morgan fingerprint density at radius 1 is 1.42 bits per heavy atom. The standard InChI is InChI=1S/C10H16O2/c1-8-4-5-10(6-8)7-11-9(2,3)12-10/h6H,4-5,7H2,1-3H3. The Morgan fingerprint density at radius 3 is 2.58 bits per heavy atom. The smallest absolute Gasteiger partial charge is 0.164 e. The van der Waals surface area contributed by atoms with Gasteiger partial charge >= 0.3 is 0 Å². The summed E-state index contributed by atoms with van der Waals surface area (Å²) in [5.74, 6) is -0.388. The fraction of sp³-hybridized carbons (Fsp3) is 0.800. The normalized spacial score (nSPS) is 39.1. The molecule has 0 amide bonds. The van der Waals surface area contributed by atoms with Crippen LogP contribution in [0.2, 0.25) is 0 Å². The van der Waals surface area contributed by atoms with Crippen molar-refractivity contribution < 1.29 is 9.47 Å². The molecular weight excluding hydrogens is 152 g/mol. The first kappa shape index (κ1) is 8.27. The van der Waals surface area contributed by atoms with Gasteiger partial charge in [0.15, 0.2) is 5.79 Å². The first-order valence-corrected chi connectivity index (χ1v) is 4.54. The third kappa shape index (κ3) is 1.29. The summed E-state index contributed by atoms with van der Waals surface area (Å²) in [5.41, 5.74) is 1.34. The van der Waals surface area contributed by atoms with Crippen LogP contribution in [0.3, 0.4) is 0 Å². The van der Waals surface area contributed by atoms with Gasteiger partial charge in [-0.05, 0) is 33.6 Å². The molecule has 68 valence electrons. The Balaban J connectivity index is 2.17. The molecule has 12 heavy (non-hydrogen) atoms. The largest absolute Gasteiger partial charge is 0.347 e. The molecule has 1 unspecified atom stereocenters. The van der Waals surface area contributed by atoms with Gasteiger partial charge in [-0.3, -0.25) is 0 Å². The molecule has 0 saturated carbocycles. The molecule has 1 atom stereocenters. The zero-order chi connectivity index (χ0) is 8.82. The molecule has 2 aliphatic rings. The van der Waals surface area contributed by atoms with E-state index in [2.05, 4.69) is 13.0 Å². The molecule has 0 bridgehead atoms. The Kier molecular flexibility index (Phi) is 1.61. The van der Waals surface area contributed by atoms with Gasteiger partial charge in [0.2, 0.25) is 0 Å². The maximum Gasteiger partial charge on any atom is 0.164 e. The van der Waals surface area contributed by atoms with E-state index in [4.69, 9.17) is 9.47 Å². The lowest BCUT2D eigenvalue weighted by molar-refractivity contribution is -0.151. The van der Waals surface area contributed by atoms with Gasteiger partial charge in [-0.1, -0.05) is 11.6 Å². The number of ether oxygens (including phenoxy) is 2. The molecule has 1 aliphatic heterocycles. The van der Waals surface area contributed by atoms with E-state index >= 15 is 0 Å². The fourth-order valence-electron chi connectivity index (χ4n) is 2.04. The summed E-state index contributed by atoms with van der Waals surface area (Å²) in [6, 6.07) is 0. The van der Waals surface area contributed by atoms with Crippen LogP contribution in [0, 0.1) is 0 Å². The zero-order valence-corrected chi connectivity index (χ0v) is 8.02. The third-order valence-electron chi connectivity index (χ3n) is 2.57. The van der Waals surface area contributed by atoms with E-state index in [0.29, 0.717) is 0 Å². The fourth-order valence-corrected chi connectivity index (χ4v) is 2.04. The predicted molar refractivity (Wildman–Crippen MR) is 46.8 cm³/mol. The lowest BCUT2D eigenvalue weighted by Crippen LogP contribution is -2.29. The molecule has 1 heterocycles. The highest BCUT2D eigenvalue weighted by molar-refractivity contribution is 5.19. The Hall–Kier alpha value is -0.340. The van der Waals surface area contributed by atoms with Crippen molar-refractivity contribution >= 4 is 0 Å². The van der Waals surface area contributed by atoms with Crippen LogP contribution >= 0.6 is 0 Å². The van der Waals surface area contributed by atoms with Crippen LogP contribution in [-0.2, 0) is 9.47 Å². The zero-order valence-electron chi connectivity index (χ0n) is 8.02. The summed E-state index contributed by atoms with van der Waals surface area (Å²) >= 11 is 0. The minimum Gasteiger partial charge on any atom is -0.347 e. The summed E-state index contributed by atoms with van der Waals surface area (Å²) in [4.78, 5) is 0. The third-order valence-corrected chi connectivity index (χ3v) is 2.57. The lowest BCUT2D eigenvalue weighted by atomic mass is 10.1. The van der Waals surface area contributed by atoms with Gasteiger partial charge in [0.25, 0.3) is 0 Å². The van der Waals surface area contributed by atoms with Crippen LogP contribution in [-0.4, -0.2) is 18.0 Å². The van der Waals surface area contributed by atoms with Gasteiger partial charge in [0, 0.05) is 0 Å². The second-order valence-corrected chi connectivity index (χ2v) is 4.35. The maximum absolute atomic E-state index is 5.87. The highest BCUT2D eigenvalue weighted by atomic mass is 16.8. The van der Waals surface area contributed by atoms with Gasteiger partial charge in [-0.15, -0.1) is 0 Å². The van der Waals surface area contributed by atoms with Crippen molar-refractivity contribution in [3.05, 3.63) is 11.6 Å². The summed E-state index contributed by atoms with van der Waals surface area (Å²) in [7, 11) is 0. The van der Waals surface area contributed by atoms with E-state index < -0.39 is 0 Å². The van der Waals surface area contributed by atoms with E-state index in [-0.39, 0.29) is 11.4 Å². The molecule has 0 N–H and O–H groups in total. The molecule has 0 aromatic rings. The first-order valence-electron chi connectivity index (χ1n) is 4.54. The van der Waals surface area contributed by atoms with E-state index in [0.717, 1.165) is 19.4 Å². The molecule has 2 rings (SSSR count). The average Bonchev–Trinajstić information content (AvgIpc) is 2.41. The first-order chi connectivity index (χ1) is 5.52. The van der Waals surface area contributed by atoms with Crippen LogP contribution in [0.1, 0.15) is 33.6 Å². The quantitative estimate of drug-likeness (QED) is 0.516. The van der Waals surface area contributed by atoms with E-state index in [1.807, 2.05) is 13.8 Å². The van der Waals surface area contributed by atoms with Crippen LogP contribution in [0.5, 0.6) is 0 Å². The number of hydrogen-bond acceptors (Lipinski definition) is 2. The monoisotopic (exact) mass is 168 g/mol. The molecular formula is C10H16O2. The topological polar surface area (TPSA) is 18.5 Å². The minimum absolute atomic E-state index is 0.0897. The maximum atomic E-state index is 5.87. The van der Waals surface area contributed by atoms with Crippen molar-refractivity contribution in [3.63, 3.8) is 0 Å². The number of allylic oxidation sites excluding steroid dienone is 1. The second kappa shape index (κ2) is 2.33. The van der Waals surface area contributed by atoms with Crippen molar-refractivity contribution in [3.8, 4) is 0 Å². The van der Waals surface area contributed by atoms with Crippen LogP contribution in [0.4, 0.5) is 0 Å². The van der Waals surface area contributed by atoms with Crippen molar-refractivity contribution in [2.75, 3.05) is 6.61 Å². The molecule has 1 saturated heterocycles. The van der Waals surface area contributed by atoms with E-state index in [9.17, 15) is 0 Å². The molecule has 1 aliphatic carbocycles. The molecule has 1 spiro atoms. The summed E-state index contributed by atoms with van der Waals surface area (Å²) in [5, 5.41) is 0. The Bertz CT molecular complexity index is 230. The minimum atomic E-state index is -0.388. The molecule has 0 radical (unpaired) electrons. The van der Waals surface area contributed by atoms with Crippen molar-refractivity contribution in [2.24, 2.45) is 0 Å². The highest BCUT2D eigenvalue weighted by Gasteiger charge is 2.45. The molecule has 1 fully saturated rings. The molecule has 2 heteroatoms. The van der Waals surface area contributed by atoms with Crippen molar-refractivity contribution in [1.82, 2.24) is 0 Å². The van der Waals surface area contributed by atoms with Gasteiger partial charge in [0.1, 0.15) is 5.60 Å². The van der Waals surface area contributed by atoms with Crippen LogP contribution in [0.15, 0.2) is 11.6 Å². The Morgan fingerprint density at radius 2 is 2.17 bits per heavy atom. The van der Waals surface area contributed by atoms with Crippen LogP contribution in [0.25, 0.3) is 0 Å². The lowest BCUT2D eigenvalue weighted by Gasteiger charge is -2.22. The van der Waals surface area contributed by atoms with Gasteiger partial charge in [0.05, 0.1) is 6.61 Å². The average molecular weight is 168 g/mol. The Labute approximate surface area is 73.5 Å². The molecule has 0 aromatic heterocycles. The van der Waals surface area contributed by atoms with Crippen molar-refractivity contribution in [2.45, 2.75) is 45.0 Å². The van der Waals surface area contributed by atoms with Gasteiger partial charge < -0.3 is 9.47 Å². The summed E-state index contributed by atoms with van der Waals surface area (Å²) in [6.07, 6.45) is 4.46. The number of hydrogen-bond donors (Lipinski definition) is 0. The van der Waals surface area contributed by atoms with Gasteiger partial charge in [-0.2, -0.15) is 0 Å². The summed E-state index contributed by atoms with van der Waals surface area (Å²) in [6.45, 7) is 6.83. The predicted octanol–water partition coefficient (Wildman–Crippen LogP) is 2.25. The second-order valence-electron chi connectivity index (χ2n) is 4.35.